The molecular weight excluding hydrogens is 164 g/mol. The van der Waals surface area contributed by atoms with E-state index in [1.807, 2.05) is 0 Å². The molecular formula is C7H14O5. The van der Waals surface area contributed by atoms with E-state index in [0.717, 1.165) is 0 Å². The molecule has 0 aliphatic carbocycles. The first-order valence-electron chi connectivity index (χ1n) is 3.82. The van der Waals surface area contributed by atoms with Crippen molar-refractivity contribution in [1.82, 2.24) is 0 Å². The molecule has 1 saturated heterocycles. The Morgan fingerprint density at radius 3 is 2.58 bits per heavy atom. The van der Waals surface area contributed by atoms with Crippen LogP contribution in [0.5, 0.6) is 0 Å². The SMILES string of the molecule is CO[C@H](CO)[C@@H]1OCC(O)C1O. The van der Waals surface area contributed by atoms with Crippen LogP contribution < -0.4 is 0 Å². The number of aliphatic hydroxyl groups is 3. The summed E-state index contributed by atoms with van der Waals surface area (Å²) in [5.41, 5.74) is 0. The fraction of sp³-hybridized carbons (Fsp3) is 1.00. The molecule has 72 valence electrons. The number of ether oxygens (including phenoxy) is 2. The summed E-state index contributed by atoms with van der Waals surface area (Å²) in [4.78, 5) is 0. The number of hydrogen-bond acceptors (Lipinski definition) is 5. The van der Waals surface area contributed by atoms with Crippen LogP contribution in [0.3, 0.4) is 0 Å². The summed E-state index contributed by atoms with van der Waals surface area (Å²) < 4.78 is 9.89. The Morgan fingerprint density at radius 2 is 2.25 bits per heavy atom. The molecule has 0 radical (unpaired) electrons. The molecule has 4 atom stereocenters. The standard InChI is InChI=1S/C7H14O5/c1-11-5(2-8)7-6(10)4(9)3-12-7/h4-10H,2-3H2,1H3/t4?,5-,6?,7+/m1/s1. The molecule has 0 amide bonds. The molecule has 3 N–H and O–H groups in total. The lowest BCUT2D eigenvalue weighted by atomic mass is 10.1. The van der Waals surface area contributed by atoms with Gasteiger partial charge < -0.3 is 24.8 Å². The van der Waals surface area contributed by atoms with E-state index in [0.29, 0.717) is 0 Å². The second kappa shape index (κ2) is 4.15. The van der Waals surface area contributed by atoms with Gasteiger partial charge in [0.2, 0.25) is 0 Å². The predicted octanol–water partition coefficient (Wildman–Crippen LogP) is -1.89. The van der Waals surface area contributed by atoms with Crippen molar-refractivity contribution in [1.29, 1.82) is 0 Å². The topological polar surface area (TPSA) is 79.2 Å². The van der Waals surface area contributed by atoms with Gasteiger partial charge in [-0.05, 0) is 0 Å². The van der Waals surface area contributed by atoms with Crippen molar-refractivity contribution in [3.8, 4) is 0 Å². The van der Waals surface area contributed by atoms with E-state index >= 15 is 0 Å². The molecule has 5 heteroatoms. The van der Waals surface area contributed by atoms with Crippen LogP contribution in [0.4, 0.5) is 0 Å². The van der Waals surface area contributed by atoms with E-state index in [4.69, 9.17) is 19.7 Å². The molecule has 12 heavy (non-hydrogen) atoms. The quantitative estimate of drug-likeness (QED) is 0.471. The largest absolute Gasteiger partial charge is 0.394 e. The van der Waals surface area contributed by atoms with Crippen molar-refractivity contribution in [2.45, 2.75) is 24.4 Å². The number of aliphatic hydroxyl groups excluding tert-OH is 3. The van der Waals surface area contributed by atoms with E-state index in [9.17, 15) is 5.11 Å². The van der Waals surface area contributed by atoms with Crippen LogP contribution in [-0.4, -0.2) is 60.1 Å². The average Bonchev–Trinajstić information content (AvgIpc) is 2.38. The molecule has 5 nitrogen and oxygen atoms in total. The van der Waals surface area contributed by atoms with E-state index in [1.54, 1.807) is 0 Å². The minimum absolute atomic E-state index is 0.0890. The third-order valence-electron chi connectivity index (χ3n) is 2.04. The van der Waals surface area contributed by atoms with Crippen molar-refractivity contribution in [3.63, 3.8) is 0 Å². The van der Waals surface area contributed by atoms with Crippen molar-refractivity contribution in [2.75, 3.05) is 20.3 Å². The van der Waals surface area contributed by atoms with Crippen LogP contribution in [0.2, 0.25) is 0 Å². The van der Waals surface area contributed by atoms with Crippen molar-refractivity contribution >= 4 is 0 Å². The van der Waals surface area contributed by atoms with Crippen LogP contribution in [0.15, 0.2) is 0 Å². The Labute approximate surface area is 70.5 Å². The molecule has 0 aromatic carbocycles. The highest BCUT2D eigenvalue weighted by Crippen LogP contribution is 2.18. The van der Waals surface area contributed by atoms with Gasteiger partial charge >= 0.3 is 0 Å². The fourth-order valence-corrected chi connectivity index (χ4v) is 1.27. The minimum atomic E-state index is -0.970. The Bertz CT molecular complexity index is 136. The van der Waals surface area contributed by atoms with E-state index < -0.39 is 24.4 Å². The second-order valence-corrected chi connectivity index (χ2v) is 2.81. The Kier molecular flexibility index (Phi) is 3.42. The van der Waals surface area contributed by atoms with Gasteiger partial charge in [0, 0.05) is 7.11 Å². The monoisotopic (exact) mass is 178 g/mol. The van der Waals surface area contributed by atoms with Gasteiger partial charge in [-0.1, -0.05) is 0 Å². The summed E-state index contributed by atoms with van der Waals surface area (Å²) in [5.74, 6) is 0. The Morgan fingerprint density at radius 1 is 1.58 bits per heavy atom. The lowest BCUT2D eigenvalue weighted by molar-refractivity contribution is -0.0855. The number of rotatable bonds is 3. The fourth-order valence-electron chi connectivity index (χ4n) is 1.27. The first kappa shape index (κ1) is 9.88. The van der Waals surface area contributed by atoms with Gasteiger partial charge in [0.15, 0.2) is 0 Å². The van der Waals surface area contributed by atoms with Crippen LogP contribution in [0.1, 0.15) is 0 Å². The molecule has 1 heterocycles. The van der Waals surface area contributed by atoms with Gasteiger partial charge in [-0.3, -0.25) is 0 Å². The normalized spacial score (nSPS) is 38.5. The number of methoxy groups -OCH3 is 1. The van der Waals surface area contributed by atoms with Gasteiger partial charge in [-0.25, -0.2) is 0 Å². The zero-order chi connectivity index (χ0) is 9.14. The zero-order valence-corrected chi connectivity index (χ0v) is 6.88. The molecule has 1 aliphatic heterocycles. The van der Waals surface area contributed by atoms with E-state index in [1.165, 1.54) is 7.11 Å². The van der Waals surface area contributed by atoms with Crippen molar-refractivity contribution in [3.05, 3.63) is 0 Å². The highest BCUT2D eigenvalue weighted by molar-refractivity contribution is 4.88. The molecule has 1 rings (SSSR count). The lowest BCUT2D eigenvalue weighted by Crippen LogP contribution is -2.41. The summed E-state index contributed by atoms with van der Waals surface area (Å²) in [6.07, 6.45) is -3.05. The minimum Gasteiger partial charge on any atom is -0.394 e. The maximum atomic E-state index is 9.32. The molecule has 0 bridgehead atoms. The van der Waals surface area contributed by atoms with Crippen LogP contribution in [0, 0.1) is 0 Å². The summed E-state index contributed by atoms with van der Waals surface area (Å²) in [5, 5.41) is 27.2. The highest BCUT2D eigenvalue weighted by atomic mass is 16.6. The molecule has 1 fully saturated rings. The molecule has 0 aromatic heterocycles. The lowest BCUT2D eigenvalue weighted by Gasteiger charge is -2.22. The van der Waals surface area contributed by atoms with Crippen molar-refractivity contribution in [2.24, 2.45) is 0 Å². The molecule has 0 saturated carbocycles. The summed E-state index contributed by atoms with van der Waals surface area (Å²) in [6.45, 7) is -0.142. The maximum absolute atomic E-state index is 9.32. The van der Waals surface area contributed by atoms with Gasteiger partial charge in [-0.2, -0.15) is 0 Å². The highest BCUT2D eigenvalue weighted by Gasteiger charge is 2.39. The zero-order valence-electron chi connectivity index (χ0n) is 6.88. The van der Waals surface area contributed by atoms with E-state index in [-0.39, 0.29) is 13.2 Å². The maximum Gasteiger partial charge on any atom is 0.114 e. The second-order valence-electron chi connectivity index (χ2n) is 2.81. The summed E-state index contributed by atoms with van der Waals surface area (Å²) in [6, 6.07) is 0. The van der Waals surface area contributed by atoms with Crippen LogP contribution in [0.25, 0.3) is 0 Å². The number of hydrogen-bond donors (Lipinski definition) is 3. The third-order valence-corrected chi connectivity index (χ3v) is 2.04. The first-order valence-corrected chi connectivity index (χ1v) is 3.82. The van der Waals surface area contributed by atoms with Gasteiger partial charge in [-0.15, -0.1) is 0 Å². The molecule has 0 aromatic rings. The molecule has 0 spiro atoms. The van der Waals surface area contributed by atoms with Crippen LogP contribution >= 0.6 is 0 Å². The molecule has 1 aliphatic rings. The predicted molar refractivity (Wildman–Crippen MR) is 39.6 cm³/mol. The average molecular weight is 178 g/mol. The smallest absolute Gasteiger partial charge is 0.114 e. The first-order chi connectivity index (χ1) is 5.70. The summed E-state index contributed by atoms with van der Waals surface area (Å²) >= 11 is 0. The summed E-state index contributed by atoms with van der Waals surface area (Å²) in [7, 11) is 1.42. The van der Waals surface area contributed by atoms with Gasteiger partial charge in [0.25, 0.3) is 0 Å². The van der Waals surface area contributed by atoms with Gasteiger partial charge in [0.1, 0.15) is 24.4 Å². The Hall–Kier alpha value is -0.200. The van der Waals surface area contributed by atoms with Crippen molar-refractivity contribution < 1.29 is 24.8 Å². The van der Waals surface area contributed by atoms with Gasteiger partial charge in [0.05, 0.1) is 13.2 Å². The van der Waals surface area contributed by atoms with E-state index in [2.05, 4.69) is 0 Å². The molecule has 2 unspecified atom stereocenters. The van der Waals surface area contributed by atoms with Crippen LogP contribution in [-0.2, 0) is 9.47 Å². The third kappa shape index (κ3) is 1.75. The Balaban J connectivity index is 2.51.